The van der Waals surface area contributed by atoms with Crippen LogP contribution in [0.4, 0.5) is 5.13 Å². The van der Waals surface area contributed by atoms with E-state index >= 15 is 0 Å². The molecule has 1 aliphatic heterocycles. The highest BCUT2D eigenvalue weighted by Crippen LogP contribution is 2.37. The summed E-state index contributed by atoms with van der Waals surface area (Å²) in [6, 6.07) is 8.80. The van der Waals surface area contributed by atoms with Gasteiger partial charge in [-0.25, -0.2) is 19.1 Å². The van der Waals surface area contributed by atoms with Crippen LogP contribution in [0.3, 0.4) is 0 Å². The lowest BCUT2D eigenvalue weighted by atomic mass is 10.0. The average molecular weight is 583 g/mol. The third-order valence-electron chi connectivity index (χ3n) is 6.35. The van der Waals surface area contributed by atoms with Crippen molar-refractivity contribution in [2.24, 2.45) is 0 Å². The fourth-order valence-corrected chi connectivity index (χ4v) is 5.06. The van der Waals surface area contributed by atoms with E-state index in [0.29, 0.717) is 47.3 Å². The van der Waals surface area contributed by atoms with Gasteiger partial charge in [0.15, 0.2) is 33.8 Å². The van der Waals surface area contributed by atoms with Gasteiger partial charge in [0.1, 0.15) is 24.9 Å². The lowest BCUT2D eigenvalue weighted by Crippen LogP contribution is -2.33. The van der Waals surface area contributed by atoms with E-state index in [1.165, 1.54) is 26.7 Å². The van der Waals surface area contributed by atoms with Crippen molar-refractivity contribution >= 4 is 28.3 Å². The molecule has 0 radical (unpaired) electrons. The number of H-pyrrole nitrogens is 1. The minimum absolute atomic E-state index is 0.0202. The molecular formula is C27H26N4O9S. The normalized spacial score (nSPS) is 12.9. The van der Waals surface area contributed by atoms with Gasteiger partial charge in [-0.2, -0.15) is 0 Å². The van der Waals surface area contributed by atoms with E-state index in [-0.39, 0.29) is 22.9 Å². The van der Waals surface area contributed by atoms with E-state index < -0.39 is 29.5 Å². The number of aromatic hydroxyl groups is 1. The maximum absolute atomic E-state index is 13.6. The molecule has 1 amide bonds. The highest BCUT2D eigenvalue weighted by molar-refractivity contribution is 7.14. The Balaban J connectivity index is 1.53. The van der Waals surface area contributed by atoms with Gasteiger partial charge in [-0.3, -0.25) is 4.79 Å². The molecule has 0 aliphatic carbocycles. The lowest BCUT2D eigenvalue weighted by Gasteiger charge is -2.19. The van der Waals surface area contributed by atoms with Crippen molar-refractivity contribution in [3.05, 3.63) is 63.5 Å². The molecule has 1 atom stereocenters. The second kappa shape index (κ2) is 11.6. The number of thiazole rings is 1. The van der Waals surface area contributed by atoms with E-state index in [1.54, 1.807) is 36.4 Å². The highest BCUT2D eigenvalue weighted by Gasteiger charge is 2.30. The molecule has 3 heterocycles. The summed E-state index contributed by atoms with van der Waals surface area (Å²) in [5.41, 5.74) is 0.467. The quantitative estimate of drug-likeness (QED) is 0.250. The molecule has 2 aromatic carbocycles. The number of hydrogen-bond donors (Lipinski definition) is 3. The number of nitrogens with one attached hydrogen (secondary N) is 2. The molecule has 0 bridgehead atoms. The Labute approximate surface area is 237 Å². The van der Waals surface area contributed by atoms with Crippen molar-refractivity contribution in [3.8, 4) is 40.1 Å². The average Bonchev–Trinajstić information content (AvgIpc) is 3.58. The summed E-state index contributed by atoms with van der Waals surface area (Å²) in [5.74, 6) is 0.144. The molecule has 0 unspecified atom stereocenters. The van der Waals surface area contributed by atoms with E-state index in [1.807, 2.05) is 0 Å². The number of fused-ring (bicyclic) bond motifs is 1. The number of benzene rings is 2. The summed E-state index contributed by atoms with van der Waals surface area (Å²) in [6.45, 7) is 0.778. The number of rotatable bonds is 9. The number of methoxy groups -OCH3 is 3. The number of aromatic amines is 1. The number of ether oxygens (including phenoxy) is 5. The topological polar surface area (TPSA) is 163 Å². The molecular weight excluding hydrogens is 556 g/mol. The molecule has 2 aromatic heterocycles. The summed E-state index contributed by atoms with van der Waals surface area (Å²) >= 11 is 1.01. The van der Waals surface area contributed by atoms with Gasteiger partial charge in [0.25, 0.3) is 0 Å². The minimum atomic E-state index is -1.24. The Hall–Kier alpha value is -4.98. The maximum atomic E-state index is 13.6. The van der Waals surface area contributed by atoms with Crippen molar-refractivity contribution in [1.82, 2.24) is 14.5 Å². The van der Waals surface area contributed by atoms with E-state index in [2.05, 4.69) is 20.0 Å². The van der Waals surface area contributed by atoms with Gasteiger partial charge in [0, 0.05) is 17.4 Å². The second-order valence-corrected chi connectivity index (χ2v) is 9.64. The second-order valence-electron chi connectivity index (χ2n) is 8.79. The minimum Gasteiger partial charge on any atom is -0.493 e. The SMILES string of the molecule is COC(=O)c1csc(NC(=O)[C@H](Cc2ccc(OC)c(OC)c2)n2c(O)c(-c3ccc4c(c3)OCCO4)[nH]c2=O)n1. The predicted molar refractivity (Wildman–Crippen MR) is 148 cm³/mol. The first-order valence-corrected chi connectivity index (χ1v) is 13.2. The zero-order valence-electron chi connectivity index (χ0n) is 22.3. The van der Waals surface area contributed by atoms with Crippen LogP contribution in [0, 0.1) is 0 Å². The largest absolute Gasteiger partial charge is 0.493 e. The Morgan fingerprint density at radius 2 is 1.85 bits per heavy atom. The Morgan fingerprint density at radius 1 is 1.10 bits per heavy atom. The molecule has 0 fully saturated rings. The molecule has 4 aromatic rings. The van der Waals surface area contributed by atoms with Crippen molar-refractivity contribution in [1.29, 1.82) is 0 Å². The third kappa shape index (κ3) is 5.54. The molecule has 14 heteroatoms. The summed E-state index contributed by atoms with van der Waals surface area (Å²) in [7, 11) is 4.20. The molecule has 1 aliphatic rings. The van der Waals surface area contributed by atoms with Crippen molar-refractivity contribution < 1.29 is 38.4 Å². The smallest absolute Gasteiger partial charge is 0.357 e. The first-order chi connectivity index (χ1) is 19.8. The molecule has 214 valence electrons. The molecule has 3 N–H and O–H groups in total. The third-order valence-corrected chi connectivity index (χ3v) is 7.11. The van der Waals surface area contributed by atoms with Crippen LogP contribution in [0.25, 0.3) is 11.3 Å². The van der Waals surface area contributed by atoms with Gasteiger partial charge in [-0.05, 0) is 35.9 Å². The first kappa shape index (κ1) is 27.6. The number of imidazole rings is 1. The fraction of sp³-hybridized carbons (Fsp3) is 0.259. The predicted octanol–water partition coefficient (Wildman–Crippen LogP) is 3.00. The number of amides is 1. The molecule has 0 saturated heterocycles. The first-order valence-electron chi connectivity index (χ1n) is 12.3. The standard InChI is InChI=1S/C27H26N4O9S/c1-36-18-6-4-14(11-20(18)37-2)10-17(23(32)30-26-28-16(13-41-26)25(34)38-3)31-24(33)22(29-27(31)35)15-5-7-19-21(12-15)40-9-8-39-19/h4-7,11-13,17,33H,8-10H2,1-3H3,(H,29,35)(H,28,30,32)/t17-/m0/s1. The summed E-state index contributed by atoms with van der Waals surface area (Å²) in [4.78, 5) is 45.5. The van der Waals surface area contributed by atoms with Crippen LogP contribution in [-0.2, 0) is 16.0 Å². The van der Waals surface area contributed by atoms with Crippen LogP contribution in [-0.4, -0.2) is 66.1 Å². The van der Waals surface area contributed by atoms with Crippen LogP contribution in [0.5, 0.6) is 28.9 Å². The van der Waals surface area contributed by atoms with Gasteiger partial charge < -0.3 is 39.1 Å². The molecule has 0 saturated carbocycles. The zero-order chi connectivity index (χ0) is 29.1. The van der Waals surface area contributed by atoms with Crippen molar-refractivity contribution in [2.75, 3.05) is 39.9 Å². The Bertz CT molecular complexity index is 1660. The van der Waals surface area contributed by atoms with Gasteiger partial charge in [0.2, 0.25) is 11.8 Å². The summed E-state index contributed by atoms with van der Waals surface area (Å²) in [6.07, 6.45) is -0.0205. The van der Waals surface area contributed by atoms with E-state index in [9.17, 15) is 19.5 Å². The Morgan fingerprint density at radius 3 is 2.59 bits per heavy atom. The number of nitrogens with zero attached hydrogens (tertiary/aromatic N) is 2. The van der Waals surface area contributed by atoms with Gasteiger partial charge >= 0.3 is 11.7 Å². The van der Waals surface area contributed by atoms with Crippen LogP contribution >= 0.6 is 11.3 Å². The summed E-state index contributed by atoms with van der Waals surface area (Å²) < 4.78 is 27.5. The molecule has 13 nitrogen and oxygen atoms in total. The van der Waals surface area contributed by atoms with Crippen molar-refractivity contribution in [2.45, 2.75) is 12.5 Å². The zero-order valence-corrected chi connectivity index (χ0v) is 23.1. The van der Waals surface area contributed by atoms with Crippen LogP contribution in [0.15, 0.2) is 46.6 Å². The monoisotopic (exact) mass is 582 g/mol. The number of anilines is 1. The van der Waals surface area contributed by atoms with Gasteiger partial charge in [0.05, 0.1) is 21.3 Å². The van der Waals surface area contributed by atoms with Gasteiger partial charge in [-0.15, -0.1) is 11.3 Å². The fourth-order valence-electron chi connectivity index (χ4n) is 4.38. The number of carbonyl (C=O) groups is 2. The van der Waals surface area contributed by atoms with Crippen LogP contribution in [0.2, 0.25) is 0 Å². The number of aromatic nitrogens is 3. The Kier molecular flexibility index (Phi) is 7.83. The van der Waals surface area contributed by atoms with Gasteiger partial charge in [-0.1, -0.05) is 6.07 Å². The molecule has 0 spiro atoms. The lowest BCUT2D eigenvalue weighted by molar-refractivity contribution is -0.119. The molecule has 5 rings (SSSR count). The maximum Gasteiger partial charge on any atom is 0.357 e. The van der Waals surface area contributed by atoms with Crippen molar-refractivity contribution in [3.63, 3.8) is 0 Å². The number of esters is 1. The number of carbonyl (C=O) groups excluding carboxylic acids is 2. The van der Waals surface area contributed by atoms with Crippen LogP contribution < -0.4 is 30.0 Å². The van der Waals surface area contributed by atoms with E-state index in [0.717, 1.165) is 15.9 Å². The highest BCUT2D eigenvalue weighted by atomic mass is 32.1. The number of hydrogen-bond acceptors (Lipinski definition) is 11. The summed E-state index contributed by atoms with van der Waals surface area (Å²) in [5, 5.41) is 15.5. The van der Waals surface area contributed by atoms with E-state index in [4.69, 9.17) is 18.9 Å². The molecule has 41 heavy (non-hydrogen) atoms. The van der Waals surface area contributed by atoms with Crippen LogP contribution in [0.1, 0.15) is 22.1 Å².